The van der Waals surface area contributed by atoms with E-state index in [2.05, 4.69) is 21.2 Å². The van der Waals surface area contributed by atoms with Gasteiger partial charge in [0.05, 0.1) is 16.6 Å². The molecule has 1 fully saturated rings. The van der Waals surface area contributed by atoms with Crippen molar-refractivity contribution in [2.24, 2.45) is 5.92 Å². The third-order valence-electron chi connectivity index (χ3n) is 4.34. The van der Waals surface area contributed by atoms with Crippen LogP contribution in [0, 0.1) is 11.7 Å². The van der Waals surface area contributed by atoms with Crippen molar-refractivity contribution in [1.29, 1.82) is 0 Å². The smallest absolute Gasteiger partial charge is 0.142 e. The van der Waals surface area contributed by atoms with Crippen LogP contribution in [0.4, 0.5) is 4.39 Å². The molecular weight excluding hydrogens is 321 g/mol. The van der Waals surface area contributed by atoms with Crippen LogP contribution in [0.2, 0.25) is 0 Å². The van der Waals surface area contributed by atoms with Crippen LogP contribution in [0.5, 0.6) is 0 Å². The maximum absolute atomic E-state index is 14.4. The molecule has 0 bridgehead atoms. The summed E-state index contributed by atoms with van der Waals surface area (Å²) in [5.74, 6) is 0.314. The summed E-state index contributed by atoms with van der Waals surface area (Å²) in [5.41, 5.74) is 0.680. The largest absolute Gasteiger partial charge is 0.379 e. The number of ether oxygens (including phenoxy) is 1. The third-order valence-corrected chi connectivity index (χ3v) is 4.96. The molecule has 1 aromatic rings. The number of benzene rings is 1. The standard InChI is InChI=1S/C16H23BrFNO/c1-19-15(12-9-6-10-13(17)14(12)18)16(20-2)11-7-4-3-5-8-11/h6,9-11,15-16,19H,3-5,7-8H2,1-2H3. The number of hydrogen-bond acceptors (Lipinski definition) is 2. The molecule has 112 valence electrons. The van der Waals surface area contributed by atoms with Gasteiger partial charge in [0.15, 0.2) is 0 Å². The van der Waals surface area contributed by atoms with Gasteiger partial charge in [0, 0.05) is 12.7 Å². The highest BCUT2D eigenvalue weighted by atomic mass is 79.9. The van der Waals surface area contributed by atoms with Crippen LogP contribution in [0.3, 0.4) is 0 Å². The monoisotopic (exact) mass is 343 g/mol. The fraction of sp³-hybridized carbons (Fsp3) is 0.625. The Morgan fingerprint density at radius 1 is 1.30 bits per heavy atom. The van der Waals surface area contributed by atoms with Gasteiger partial charge in [-0.2, -0.15) is 0 Å². The summed E-state index contributed by atoms with van der Waals surface area (Å²) < 4.78 is 20.6. The minimum atomic E-state index is -0.190. The second kappa shape index (κ2) is 7.53. The van der Waals surface area contributed by atoms with Crippen molar-refractivity contribution in [3.63, 3.8) is 0 Å². The van der Waals surface area contributed by atoms with Crippen LogP contribution in [0.1, 0.15) is 43.7 Å². The van der Waals surface area contributed by atoms with E-state index in [0.29, 0.717) is 16.0 Å². The van der Waals surface area contributed by atoms with Gasteiger partial charge in [-0.1, -0.05) is 31.4 Å². The molecule has 2 atom stereocenters. The van der Waals surface area contributed by atoms with Crippen LogP contribution >= 0.6 is 15.9 Å². The average Bonchev–Trinajstić information content (AvgIpc) is 2.49. The number of halogens is 2. The minimum Gasteiger partial charge on any atom is -0.379 e. The number of methoxy groups -OCH3 is 1. The molecule has 2 rings (SSSR count). The highest BCUT2D eigenvalue weighted by Crippen LogP contribution is 2.35. The number of rotatable bonds is 5. The molecule has 1 aliphatic carbocycles. The van der Waals surface area contributed by atoms with Gasteiger partial charge >= 0.3 is 0 Å². The van der Waals surface area contributed by atoms with Crippen molar-refractivity contribution in [3.05, 3.63) is 34.1 Å². The molecule has 4 heteroatoms. The van der Waals surface area contributed by atoms with Crippen LogP contribution < -0.4 is 5.32 Å². The normalized spacial score (nSPS) is 19.8. The first kappa shape index (κ1) is 15.9. The van der Waals surface area contributed by atoms with Crippen LogP contribution in [-0.4, -0.2) is 20.3 Å². The van der Waals surface area contributed by atoms with Crippen molar-refractivity contribution in [2.75, 3.05) is 14.2 Å². The summed E-state index contributed by atoms with van der Waals surface area (Å²) in [7, 11) is 3.61. The van der Waals surface area contributed by atoms with Gasteiger partial charge in [0.1, 0.15) is 5.82 Å². The molecule has 1 saturated carbocycles. The molecule has 1 aliphatic rings. The molecule has 2 unspecified atom stereocenters. The highest BCUT2D eigenvalue weighted by molar-refractivity contribution is 9.10. The topological polar surface area (TPSA) is 21.3 Å². The Bertz CT molecular complexity index is 434. The number of hydrogen-bond donors (Lipinski definition) is 1. The van der Waals surface area contributed by atoms with E-state index in [-0.39, 0.29) is 18.0 Å². The molecule has 2 nitrogen and oxygen atoms in total. The van der Waals surface area contributed by atoms with E-state index in [1.807, 2.05) is 19.2 Å². The summed E-state index contributed by atoms with van der Waals surface area (Å²) in [6, 6.07) is 5.34. The average molecular weight is 344 g/mol. The Labute approximate surface area is 129 Å². The van der Waals surface area contributed by atoms with Gasteiger partial charge in [-0.05, 0) is 47.8 Å². The van der Waals surface area contributed by atoms with E-state index in [4.69, 9.17) is 4.74 Å². The highest BCUT2D eigenvalue weighted by Gasteiger charge is 2.32. The molecule has 1 N–H and O–H groups in total. The predicted octanol–water partition coefficient (Wildman–Crippen LogP) is 4.44. The van der Waals surface area contributed by atoms with Crippen LogP contribution in [0.15, 0.2) is 22.7 Å². The lowest BCUT2D eigenvalue weighted by Crippen LogP contribution is -2.38. The van der Waals surface area contributed by atoms with E-state index >= 15 is 0 Å². The van der Waals surface area contributed by atoms with Gasteiger partial charge in [-0.3, -0.25) is 0 Å². The zero-order valence-electron chi connectivity index (χ0n) is 12.2. The van der Waals surface area contributed by atoms with Gasteiger partial charge in [0.2, 0.25) is 0 Å². The Balaban J connectivity index is 2.26. The molecule has 20 heavy (non-hydrogen) atoms. The first-order valence-corrected chi connectivity index (χ1v) is 8.12. The van der Waals surface area contributed by atoms with Gasteiger partial charge < -0.3 is 10.1 Å². The molecule has 0 saturated heterocycles. The molecule has 0 spiro atoms. The van der Waals surface area contributed by atoms with Crippen molar-refractivity contribution in [1.82, 2.24) is 5.32 Å². The predicted molar refractivity (Wildman–Crippen MR) is 83.3 cm³/mol. The summed E-state index contributed by atoms with van der Waals surface area (Å²) in [6.45, 7) is 0. The van der Waals surface area contributed by atoms with Crippen molar-refractivity contribution in [3.8, 4) is 0 Å². The molecule has 0 amide bonds. The quantitative estimate of drug-likeness (QED) is 0.852. The second-order valence-electron chi connectivity index (χ2n) is 5.51. The summed E-state index contributed by atoms with van der Waals surface area (Å²) in [5, 5.41) is 3.25. The van der Waals surface area contributed by atoms with E-state index in [0.717, 1.165) is 0 Å². The Morgan fingerprint density at radius 3 is 2.60 bits per heavy atom. The summed E-state index contributed by atoms with van der Waals surface area (Å²) in [4.78, 5) is 0. The molecular formula is C16H23BrFNO. The minimum absolute atomic E-state index is 0.0177. The van der Waals surface area contributed by atoms with E-state index in [1.54, 1.807) is 13.2 Å². The lowest BCUT2D eigenvalue weighted by atomic mass is 9.81. The van der Waals surface area contributed by atoms with Crippen molar-refractivity contribution in [2.45, 2.75) is 44.2 Å². The van der Waals surface area contributed by atoms with Gasteiger partial charge in [-0.15, -0.1) is 0 Å². The van der Waals surface area contributed by atoms with Crippen molar-refractivity contribution >= 4 is 15.9 Å². The number of likely N-dealkylation sites (N-methyl/N-ethyl adjacent to an activating group) is 1. The molecule has 0 radical (unpaired) electrons. The molecule has 0 heterocycles. The zero-order chi connectivity index (χ0) is 14.5. The molecule has 0 aromatic heterocycles. The number of nitrogens with one attached hydrogen (secondary N) is 1. The summed E-state index contributed by atoms with van der Waals surface area (Å²) >= 11 is 3.27. The Morgan fingerprint density at radius 2 is 2.00 bits per heavy atom. The zero-order valence-corrected chi connectivity index (χ0v) is 13.7. The van der Waals surface area contributed by atoms with E-state index < -0.39 is 0 Å². The van der Waals surface area contributed by atoms with Gasteiger partial charge in [0.25, 0.3) is 0 Å². The Kier molecular flexibility index (Phi) is 6.00. The summed E-state index contributed by atoms with van der Waals surface area (Å²) in [6.07, 6.45) is 6.18. The van der Waals surface area contributed by atoms with Gasteiger partial charge in [-0.25, -0.2) is 4.39 Å². The maximum atomic E-state index is 14.4. The first-order chi connectivity index (χ1) is 9.69. The lowest BCUT2D eigenvalue weighted by molar-refractivity contribution is 0.00855. The maximum Gasteiger partial charge on any atom is 0.142 e. The molecule has 0 aliphatic heterocycles. The fourth-order valence-electron chi connectivity index (χ4n) is 3.32. The fourth-order valence-corrected chi connectivity index (χ4v) is 3.70. The first-order valence-electron chi connectivity index (χ1n) is 7.33. The second-order valence-corrected chi connectivity index (χ2v) is 6.36. The third kappa shape index (κ3) is 3.41. The molecule has 1 aromatic carbocycles. The van der Waals surface area contributed by atoms with Crippen molar-refractivity contribution < 1.29 is 9.13 Å². The Hall–Kier alpha value is -0.450. The van der Waals surface area contributed by atoms with Crippen LogP contribution in [-0.2, 0) is 4.74 Å². The van der Waals surface area contributed by atoms with E-state index in [9.17, 15) is 4.39 Å². The lowest BCUT2D eigenvalue weighted by Gasteiger charge is -2.35. The SMILES string of the molecule is CNC(c1cccc(Br)c1F)C(OC)C1CCCCC1. The van der Waals surface area contributed by atoms with Crippen LogP contribution in [0.25, 0.3) is 0 Å². The van der Waals surface area contributed by atoms with E-state index in [1.165, 1.54) is 32.1 Å².